The van der Waals surface area contributed by atoms with Crippen LogP contribution in [0, 0.1) is 0 Å². The van der Waals surface area contributed by atoms with Gasteiger partial charge in [-0.2, -0.15) is 5.10 Å². The van der Waals surface area contributed by atoms with E-state index in [-0.39, 0.29) is 11.0 Å². The molecule has 0 saturated heterocycles. The second kappa shape index (κ2) is 6.36. The molecule has 2 aromatic carbocycles. The average Bonchev–Trinajstić information content (AvgIpc) is 2.46. The summed E-state index contributed by atoms with van der Waals surface area (Å²) in [6.07, 6.45) is 0. The van der Waals surface area contributed by atoms with Crippen molar-refractivity contribution in [1.82, 2.24) is 0 Å². The first-order valence-corrected chi connectivity index (χ1v) is 6.27. The van der Waals surface area contributed by atoms with Crippen molar-refractivity contribution in [3.8, 4) is 0 Å². The zero-order chi connectivity index (χ0) is 13.7. The first-order valence-electron chi connectivity index (χ1n) is 5.51. The summed E-state index contributed by atoms with van der Waals surface area (Å²) in [5.41, 5.74) is 3.89. The lowest BCUT2D eigenvalue weighted by Crippen LogP contribution is -2.09. The average molecular weight is 293 g/mol. The molecule has 96 valence electrons. The highest BCUT2D eigenvalue weighted by Crippen LogP contribution is 2.13. The predicted molar refractivity (Wildman–Crippen MR) is 79.1 cm³/mol. The highest BCUT2D eigenvalue weighted by Gasteiger charge is 2.10. The van der Waals surface area contributed by atoms with Gasteiger partial charge in [-0.3, -0.25) is 10.2 Å². The van der Waals surface area contributed by atoms with E-state index < -0.39 is 0 Å². The number of nitrogens with zero attached hydrogens (tertiary/aromatic N) is 1. The molecule has 0 heterocycles. The third kappa shape index (κ3) is 3.81. The molecular formula is C14H10Cl2N2O. The summed E-state index contributed by atoms with van der Waals surface area (Å²) in [4.78, 5) is 11.9. The van der Waals surface area contributed by atoms with Crippen molar-refractivity contribution < 1.29 is 4.79 Å². The van der Waals surface area contributed by atoms with Gasteiger partial charge < -0.3 is 0 Å². The lowest BCUT2D eigenvalue weighted by molar-refractivity contribution is 0.106. The first kappa shape index (κ1) is 13.6. The highest BCUT2D eigenvalue weighted by molar-refractivity contribution is 6.85. The van der Waals surface area contributed by atoms with Gasteiger partial charge in [0.2, 0.25) is 5.78 Å². The molecule has 0 fully saturated rings. The van der Waals surface area contributed by atoms with E-state index >= 15 is 0 Å². The van der Waals surface area contributed by atoms with Gasteiger partial charge in [-0.25, -0.2) is 0 Å². The Morgan fingerprint density at radius 1 is 1.00 bits per heavy atom. The number of carbonyl (C=O) groups excluding carboxylic acids is 1. The smallest absolute Gasteiger partial charge is 0.224 e. The monoisotopic (exact) mass is 292 g/mol. The summed E-state index contributed by atoms with van der Waals surface area (Å²) in [6, 6.07) is 15.6. The van der Waals surface area contributed by atoms with Gasteiger partial charge in [0, 0.05) is 10.6 Å². The Kier molecular flexibility index (Phi) is 4.55. The normalized spacial score (nSPS) is 11.2. The molecule has 0 aliphatic heterocycles. The van der Waals surface area contributed by atoms with E-state index in [0.29, 0.717) is 16.3 Å². The summed E-state index contributed by atoms with van der Waals surface area (Å²) in [6.45, 7) is 0. The van der Waals surface area contributed by atoms with Crippen molar-refractivity contribution in [3.63, 3.8) is 0 Å². The van der Waals surface area contributed by atoms with Crippen LogP contribution in [0.15, 0.2) is 59.7 Å². The molecule has 0 aromatic heterocycles. The minimum absolute atomic E-state index is 0.124. The van der Waals surface area contributed by atoms with Crippen LogP contribution in [0.25, 0.3) is 0 Å². The van der Waals surface area contributed by atoms with Gasteiger partial charge in [-0.1, -0.05) is 53.5 Å². The molecule has 3 nitrogen and oxygen atoms in total. The van der Waals surface area contributed by atoms with Crippen molar-refractivity contribution in [1.29, 1.82) is 0 Å². The summed E-state index contributed by atoms with van der Waals surface area (Å²) in [5.74, 6) is -0.330. The molecule has 5 heteroatoms. The fraction of sp³-hybridized carbons (Fsp3) is 0. The molecule has 2 aromatic rings. The van der Waals surface area contributed by atoms with Gasteiger partial charge >= 0.3 is 0 Å². The highest BCUT2D eigenvalue weighted by atomic mass is 35.5. The van der Waals surface area contributed by atoms with Gasteiger partial charge in [0.25, 0.3) is 0 Å². The number of halogens is 2. The van der Waals surface area contributed by atoms with Gasteiger partial charge in [-0.05, 0) is 24.3 Å². The van der Waals surface area contributed by atoms with Gasteiger partial charge in [0.15, 0.2) is 5.17 Å². The van der Waals surface area contributed by atoms with E-state index in [1.54, 1.807) is 48.5 Å². The van der Waals surface area contributed by atoms with Crippen LogP contribution < -0.4 is 5.43 Å². The maximum absolute atomic E-state index is 11.9. The van der Waals surface area contributed by atoms with Gasteiger partial charge in [0.1, 0.15) is 0 Å². The summed E-state index contributed by atoms with van der Waals surface area (Å²) >= 11 is 11.6. The van der Waals surface area contributed by atoms with Crippen molar-refractivity contribution in [3.05, 3.63) is 65.2 Å². The van der Waals surface area contributed by atoms with Crippen molar-refractivity contribution >= 4 is 39.8 Å². The number of hydrogen-bond acceptors (Lipinski definition) is 3. The van der Waals surface area contributed by atoms with E-state index in [0.717, 1.165) is 0 Å². The van der Waals surface area contributed by atoms with Crippen LogP contribution in [0.3, 0.4) is 0 Å². The van der Waals surface area contributed by atoms with E-state index in [1.807, 2.05) is 6.07 Å². The molecule has 0 aliphatic rings. The van der Waals surface area contributed by atoms with Crippen molar-refractivity contribution in [2.75, 3.05) is 5.43 Å². The topological polar surface area (TPSA) is 41.5 Å². The third-order valence-corrected chi connectivity index (χ3v) is 2.86. The second-order valence-electron chi connectivity index (χ2n) is 3.72. The Morgan fingerprint density at radius 3 is 2.26 bits per heavy atom. The van der Waals surface area contributed by atoms with Crippen LogP contribution in [0.5, 0.6) is 0 Å². The molecule has 19 heavy (non-hydrogen) atoms. The van der Waals surface area contributed by atoms with Crippen LogP contribution in [-0.2, 0) is 0 Å². The summed E-state index contributed by atoms with van der Waals surface area (Å²) < 4.78 is 0. The molecular weight excluding hydrogens is 283 g/mol. The third-order valence-electron chi connectivity index (χ3n) is 2.35. The fourth-order valence-corrected chi connectivity index (χ4v) is 1.67. The molecule has 0 radical (unpaired) electrons. The standard InChI is InChI=1S/C14H10Cl2N2O/c15-11-6-8-12(9-7-11)17-18-14(16)13(19)10-4-2-1-3-5-10/h1-9,17H/b18-14-. The van der Waals surface area contributed by atoms with Crippen molar-refractivity contribution in [2.24, 2.45) is 5.10 Å². The number of hydrogen-bond donors (Lipinski definition) is 1. The van der Waals surface area contributed by atoms with Gasteiger partial charge in [0.05, 0.1) is 5.69 Å². The molecule has 0 aliphatic carbocycles. The Hall–Kier alpha value is -1.84. The number of anilines is 1. The number of ketones is 1. The molecule has 0 unspecified atom stereocenters. The van der Waals surface area contributed by atoms with Gasteiger partial charge in [-0.15, -0.1) is 0 Å². The lowest BCUT2D eigenvalue weighted by atomic mass is 10.1. The SMILES string of the molecule is O=C(/C(Cl)=N/Nc1ccc(Cl)cc1)c1ccccc1. The largest absolute Gasteiger partial charge is 0.286 e. The van der Waals surface area contributed by atoms with E-state index in [2.05, 4.69) is 10.5 Å². The van der Waals surface area contributed by atoms with E-state index in [9.17, 15) is 4.79 Å². The molecule has 1 N–H and O–H groups in total. The van der Waals surface area contributed by atoms with Crippen LogP contribution >= 0.6 is 23.2 Å². The number of hydrazone groups is 1. The zero-order valence-electron chi connectivity index (χ0n) is 9.81. The second-order valence-corrected chi connectivity index (χ2v) is 4.51. The Labute approximate surface area is 120 Å². The Morgan fingerprint density at radius 2 is 1.63 bits per heavy atom. The Bertz CT molecular complexity index is 595. The van der Waals surface area contributed by atoms with E-state index in [4.69, 9.17) is 23.2 Å². The lowest BCUT2D eigenvalue weighted by Gasteiger charge is -2.02. The predicted octanol–water partition coefficient (Wildman–Crippen LogP) is 4.19. The zero-order valence-corrected chi connectivity index (χ0v) is 11.3. The maximum Gasteiger partial charge on any atom is 0.224 e. The Balaban J connectivity index is 2.07. The summed E-state index contributed by atoms with van der Waals surface area (Å²) in [5, 5.41) is 4.34. The number of nitrogens with one attached hydrogen (secondary N) is 1. The minimum atomic E-state index is -0.330. The first-order chi connectivity index (χ1) is 9.16. The van der Waals surface area contributed by atoms with E-state index in [1.165, 1.54) is 0 Å². The van der Waals surface area contributed by atoms with Crippen LogP contribution in [-0.4, -0.2) is 11.0 Å². The molecule has 0 bridgehead atoms. The fourth-order valence-electron chi connectivity index (χ4n) is 1.40. The molecule has 0 spiro atoms. The van der Waals surface area contributed by atoms with Crippen molar-refractivity contribution in [2.45, 2.75) is 0 Å². The number of carbonyl (C=O) groups is 1. The number of Topliss-reactive ketones (excluding diaryl/α,β-unsaturated/α-hetero) is 1. The molecule has 0 amide bonds. The van der Waals surface area contributed by atoms with Crippen LogP contribution in [0.2, 0.25) is 5.02 Å². The number of benzene rings is 2. The molecule has 0 atom stereocenters. The summed E-state index contributed by atoms with van der Waals surface area (Å²) in [7, 11) is 0. The maximum atomic E-state index is 11.9. The van der Waals surface area contributed by atoms with Crippen LogP contribution in [0.4, 0.5) is 5.69 Å². The minimum Gasteiger partial charge on any atom is -0.286 e. The van der Waals surface area contributed by atoms with Crippen LogP contribution in [0.1, 0.15) is 10.4 Å². The number of rotatable bonds is 4. The molecule has 0 saturated carbocycles. The quantitative estimate of drug-likeness (QED) is 0.522. The molecule has 2 rings (SSSR count).